The Morgan fingerprint density at radius 1 is 1.28 bits per heavy atom. The molecule has 2 aromatic carbocycles. The fraction of sp³-hybridized carbons (Fsp3) is 0.286. The Morgan fingerprint density at radius 3 is 2.72 bits per heavy atom. The fourth-order valence-electron chi connectivity index (χ4n) is 2.61. The molecule has 0 aliphatic heterocycles. The average Bonchev–Trinajstić information content (AvgIpc) is 2.56. The Balaban J connectivity index is 2.22. The summed E-state index contributed by atoms with van der Waals surface area (Å²) in [6.45, 7) is 8.77. The van der Waals surface area contributed by atoms with E-state index >= 15 is 0 Å². The van der Waals surface area contributed by atoms with Crippen molar-refractivity contribution in [2.75, 3.05) is 11.9 Å². The predicted octanol–water partition coefficient (Wildman–Crippen LogP) is 5.93. The second-order valence-corrected chi connectivity index (χ2v) is 7.05. The average molecular weight is 402 g/mol. The van der Waals surface area contributed by atoms with E-state index in [9.17, 15) is 4.79 Å². The molecule has 1 amide bonds. The van der Waals surface area contributed by atoms with Crippen LogP contribution in [-0.2, 0) is 4.79 Å². The van der Waals surface area contributed by atoms with Crippen LogP contribution < -0.4 is 10.1 Å². The Kier molecular flexibility index (Phi) is 6.82. The number of amides is 1. The fourth-order valence-corrected chi connectivity index (χ4v) is 2.99. The Hall–Kier alpha value is -2.07. The monoisotopic (exact) mass is 401 g/mol. The molecular formula is C21H24BrNO2. The van der Waals surface area contributed by atoms with Crippen molar-refractivity contribution < 1.29 is 9.53 Å². The molecule has 0 bridgehead atoms. The van der Waals surface area contributed by atoms with E-state index in [-0.39, 0.29) is 5.91 Å². The number of nitrogens with one attached hydrogen (secondary N) is 1. The number of hydrogen-bond donors (Lipinski definition) is 1. The van der Waals surface area contributed by atoms with Crippen molar-refractivity contribution in [2.24, 2.45) is 0 Å². The largest absolute Gasteiger partial charge is 0.493 e. The van der Waals surface area contributed by atoms with Gasteiger partial charge in [0.05, 0.1) is 6.61 Å². The van der Waals surface area contributed by atoms with Crippen molar-refractivity contribution in [2.45, 2.75) is 33.6 Å². The van der Waals surface area contributed by atoms with Gasteiger partial charge in [0.2, 0.25) is 5.91 Å². The molecule has 0 unspecified atom stereocenters. The third kappa shape index (κ3) is 5.20. The molecule has 0 spiro atoms. The molecule has 0 saturated carbocycles. The SMILES string of the molecule is CCOc1ccc(Br)cc1C=CC(=O)Nc1c(C)cccc1C(C)C. The maximum absolute atomic E-state index is 12.4. The molecule has 0 radical (unpaired) electrons. The number of halogens is 1. The number of rotatable bonds is 6. The van der Waals surface area contributed by atoms with Gasteiger partial charge in [0.15, 0.2) is 0 Å². The van der Waals surface area contributed by atoms with Gasteiger partial charge in [-0.2, -0.15) is 0 Å². The zero-order valence-corrected chi connectivity index (χ0v) is 16.7. The van der Waals surface area contributed by atoms with Gasteiger partial charge in [-0.3, -0.25) is 4.79 Å². The van der Waals surface area contributed by atoms with Gasteiger partial charge in [0, 0.05) is 21.8 Å². The highest BCUT2D eigenvalue weighted by atomic mass is 79.9. The molecule has 0 aliphatic rings. The van der Waals surface area contributed by atoms with Gasteiger partial charge in [-0.25, -0.2) is 0 Å². The van der Waals surface area contributed by atoms with Crippen LogP contribution in [0.3, 0.4) is 0 Å². The minimum Gasteiger partial charge on any atom is -0.493 e. The predicted molar refractivity (Wildman–Crippen MR) is 108 cm³/mol. The third-order valence-corrected chi connectivity index (χ3v) is 4.35. The molecule has 0 fully saturated rings. The number of hydrogen-bond acceptors (Lipinski definition) is 2. The normalized spacial score (nSPS) is 11.1. The third-order valence-electron chi connectivity index (χ3n) is 3.86. The number of carbonyl (C=O) groups is 1. The molecule has 132 valence electrons. The highest BCUT2D eigenvalue weighted by molar-refractivity contribution is 9.10. The summed E-state index contributed by atoms with van der Waals surface area (Å²) in [5.74, 6) is 0.945. The molecule has 0 aromatic heterocycles. The lowest BCUT2D eigenvalue weighted by Gasteiger charge is -2.15. The van der Waals surface area contributed by atoms with E-state index in [0.29, 0.717) is 12.5 Å². The maximum Gasteiger partial charge on any atom is 0.248 e. The van der Waals surface area contributed by atoms with E-state index in [1.54, 1.807) is 12.2 Å². The first-order valence-corrected chi connectivity index (χ1v) is 9.22. The number of benzene rings is 2. The lowest BCUT2D eigenvalue weighted by Crippen LogP contribution is -2.11. The summed E-state index contributed by atoms with van der Waals surface area (Å²) in [5.41, 5.74) is 3.95. The van der Waals surface area contributed by atoms with Crippen molar-refractivity contribution in [3.63, 3.8) is 0 Å². The van der Waals surface area contributed by atoms with Gasteiger partial charge >= 0.3 is 0 Å². The number of para-hydroxylation sites is 1. The van der Waals surface area contributed by atoms with Gasteiger partial charge in [-0.1, -0.05) is 48.0 Å². The van der Waals surface area contributed by atoms with E-state index in [4.69, 9.17) is 4.74 Å². The van der Waals surface area contributed by atoms with Crippen LogP contribution in [0.4, 0.5) is 5.69 Å². The second-order valence-electron chi connectivity index (χ2n) is 6.13. The van der Waals surface area contributed by atoms with Crippen LogP contribution >= 0.6 is 15.9 Å². The Labute approximate surface area is 158 Å². The van der Waals surface area contributed by atoms with Gasteiger partial charge in [-0.05, 0) is 55.2 Å². The van der Waals surface area contributed by atoms with Crippen LogP contribution in [-0.4, -0.2) is 12.5 Å². The van der Waals surface area contributed by atoms with Crippen molar-refractivity contribution >= 4 is 33.6 Å². The van der Waals surface area contributed by atoms with Crippen LogP contribution in [0.1, 0.15) is 43.4 Å². The van der Waals surface area contributed by atoms with Gasteiger partial charge in [0.1, 0.15) is 5.75 Å². The summed E-state index contributed by atoms with van der Waals surface area (Å²) in [4.78, 5) is 12.4. The van der Waals surface area contributed by atoms with E-state index < -0.39 is 0 Å². The molecule has 4 heteroatoms. The van der Waals surface area contributed by atoms with Crippen LogP contribution in [0.5, 0.6) is 5.75 Å². The molecule has 0 heterocycles. The van der Waals surface area contributed by atoms with Crippen LogP contribution in [0, 0.1) is 6.92 Å². The van der Waals surface area contributed by atoms with Crippen LogP contribution in [0.15, 0.2) is 46.9 Å². The van der Waals surface area contributed by atoms with Crippen molar-refractivity contribution in [3.05, 3.63) is 63.6 Å². The lowest BCUT2D eigenvalue weighted by molar-refractivity contribution is -0.111. The van der Waals surface area contributed by atoms with E-state index in [0.717, 1.165) is 32.6 Å². The zero-order chi connectivity index (χ0) is 18.4. The van der Waals surface area contributed by atoms with Gasteiger partial charge in [-0.15, -0.1) is 0 Å². The molecule has 3 nitrogen and oxygen atoms in total. The number of carbonyl (C=O) groups excluding carboxylic acids is 1. The number of ether oxygens (including phenoxy) is 1. The molecule has 0 saturated heterocycles. The molecular weight excluding hydrogens is 378 g/mol. The standard InChI is InChI=1S/C21H24BrNO2/c1-5-25-19-11-10-17(22)13-16(19)9-12-20(24)23-21-15(4)7-6-8-18(21)14(2)3/h6-14H,5H2,1-4H3,(H,23,24). The highest BCUT2D eigenvalue weighted by Crippen LogP contribution is 2.28. The van der Waals surface area contributed by atoms with Crippen LogP contribution in [0.2, 0.25) is 0 Å². The van der Waals surface area contributed by atoms with Gasteiger partial charge in [0.25, 0.3) is 0 Å². The quantitative estimate of drug-likeness (QED) is 0.608. The Bertz CT molecular complexity index is 781. The summed E-state index contributed by atoms with van der Waals surface area (Å²) in [6, 6.07) is 11.8. The van der Waals surface area contributed by atoms with Crippen molar-refractivity contribution in [1.82, 2.24) is 0 Å². The maximum atomic E-state index is 12.4. The first-order valence-electron chi connectivity index (χ1n) is 8.43. The summed E-state index contributed by atoms with van der Waals surface area (Å²) in [6.07, 6.45) is 3.32. The Morgan fingerprint density at radius 2 is 2.04 bits per heavy atom. The molecule has 25 heavy (non-hydrogen) atoms. The van der Waals surface area contributed by atoms with E-state index in [2.05, 4.69) is 41.2 Å². The summed E-state index contributed by atoms with van der Waals surface area (Å²) < 4.78 is 6.55. The zero-order valence-electron chi connectivity index (χ0n) is 15.1. The second kappa shape index (κ2) is 8.86. The first kappa shape index (κ1) is 19.3. The highest BCUT2D eigenvalue weighted by Gasteiger charge is 2.11. The minimum atomic E-state index is -0.154. The number of anilines is 1. The molecule has 0 atom stereocenters. The summed E-state index contributed by atoms with van der Waals surface area (Å²) in [7, 11) is 0. The van der Waals surface area contributed by atoms with Crippen LogP contribution in [0.25, 0.3) is 6.08 Å². The topological polar surface area (TPSA) is 38.3 Å². The summed E-state index contributed by atoms with van der Waals surface area (Å²) in [5, 5.41) is 3.02. The molecule has 0 aliphatic carbocycles. The lowest BCUT2D eigenvalue weighted by atomic mass is 9.98. The van der Waals surface area contributed by atoms with Crippen molar-refractivity contribution in [1.29, 1.82) is 0 Å². The van der Waals surface area contributed by atoms with Crippen molar-refractivity contribution in [3.8, 4) is 5.75 Å². The minimum absolute atomic E-state index is 0.154. The molecule has 2 rings (SSSR count). The van der Waals surface area contributed by atoms with Gasteiger partial charge < -0.3 is 10.1 Å². The smallest absolute Gasteiger partial charge is 0.248 e. The summed E-state index contributed by atoms with van der Waals surface area (Å²) >= 11 is 3.45. The molecule has 1 N–H and O–H groups in total. The first-order chi connectivity index (χ1) is 11.9. The van der Waals surface area contributed by atoms with E-state index in [1.807, 2.05) is 44.2 Å². The van der Waals surface area contributed by atoms with E-state index in [1.165, 1.54) is 0 Å². The molecule has 2 aromatic rings. The number of aryl methyl sites for hydroxylation is 1.